The van der Waals surface area contributed by atoms with Gasteiger partial charge in [-0.05, 0) is 49.6 Å². The average Bonchev–Trinajstić information content (AvgIpc) is 3.84. The molecule has 2 fully saturated rings. The Bertz CT molecular complexity index is 2190. The number of amides is 1. The van der Waals surface area contributed by atoms with Crippen LogP contribution in [0.3, 0.4) is 0 Å². The molecular formula is C38H36Cl2N6O5. The Morgan fingerprint density at radius 1 is 0.980 bits per heavy atom. The minimum absolute atomic E-state index is 0.0886. The number of nitrogens with one attached hydrogen (secondary N) is 3. The third kappa shape index (κ3) is 7.34. The van der Waals surface area contributed by atoms with Gasteiger partial charge in [0.2, 0.25) is 11.8 Å². The lowest BCUT2D eigenvalue weighted by Crippen LogP contribution is -2.35. The molecule has 7 rings (SSSR count). The summed E-state index contributed by atoms with van der Waals surface area (Å²) < 4.78 is 12.5. The SMILES string of the molecule is COc1nc(-c2cccc(-c3cccc(-c4ccn5c(=O)c(COC(=O)[C@@H]6CCCN6)cnc5c4)c3Cl)c2Cl)ccc1CNCC1CCC(=O)N1. The predicted octanol–water partition coefficient (Wildman–Crippen LogP) is 5.57. The second-order valence-electron chi connectivity index (χ2n) is 12.6. The molecule has 1 unspecified atom stereocenters. The Kier molecular flexibility index (Phi) is 10.3. The van der Waals surface area contributed by atoms with Crippen LogP contribution in [-0.2, 0) is 27.5 Å². The molecule has 2 saturated heterocycles. The van der Waals surface area contributed by atoms with Crippen molar-refractivity contribution in [3.05, 3.63) is 105 Å². The van der Waals surface area contributed by atoms with Crippen LogP contribution >= 0.6 is 23.2 Å². The van der Waals surface area contributed by atoms with Crippen molar-refractivity contribution in [1.82, 2.24) is 30.3 Å². The minimum Gasteiger partial charge on any atom is -0.481 e. The van der Waals surface area contributed by atoms with Crippen LogP contribution < -0.4 is 26.2 Å². The molecule has 1 amide bonds. The van der Waals surface area contributed by atoms with Crippen molar-refractivity contribution in [2.24, 2.45) is 0 Å². The highest BCUT2D eigenvalue weighted by atomic mass is 35.5. The van der Waals surface area contributed by atoms with Crippen molar-refractivity contribution in [3.63, 3.8) is 0 Å². The number of carbonyl (C=O) groups excluding carboxylic acids is 2. The Morgan fingerprint density at radius 3 is 2.47 bits per heavy atom. The molecule has 5 heterocycles. The molecule has 3 aromatic heterocycles. The van der Waals surface area contributed by atoms with Crippen LogP contribution in [0.25, 0.3) is 39.2 Å². The van der Waals surface area contributed by atoms with Crippen molar-refractivity contribution in [2.75, 3.05) is 20.2 Å². The lowest BCUT2D eigenvalue weighted by Gasteiger charge is -2.16. The molecule has 5 aromatic rings. The normalized spacial score (nSPS) is 17.1. The minimum atomic E-state index is -0.363. The fourth-order valence-corrected chi connectivity index (χ4v) is 7.22. The quantitative estimate of drug-likeness (QED) is 0.149. The zero-order valence-electron chi connectivity index (χ0n) is 27.9. The number of nitrogens with zero attached hydrogens (tertiary/aromatic N) is 3. The monoisotopic (exact) mass is 726 g/mol. The molecule has 0 bridgehead atoms. The number of methoxy groups -OCH3 is 1. The molecule has 11 nitrogen and oxygen atoms in total. The number of hydrogen-bond donors (Lipinski definition) is 3. The van der Waals surface area contributed by atoms with Gasteiger partial charge in [0.1, 0.15) is 18.3 Å². The van der Waals surface area contributed by atoms with E-state index >= 15 is 0 Å². The van der Waals surface area contributed by atoms with E-state index in [2.05, 4.69) is 20.9 Å². The van der Waals surface area contributed by atoms with Gasteiger partial charge in [0.15, 0.2) is 0 Å². The first-order chi connectivity index (χ1) is 24.8. The Morgan fingerprint density at radius 2 is 1.75 bits per heavy atom. The summed E-state index contributed by atoms with van der Waals surface area (Å²) in [6, 6.07) is 18.7. The van der Waals surface area contributed by atoms with E-state index in [1.165, 1.54) is 10.6 Å². The first-order valence-electron chi connectivity index (χ1n) is 16.8. The van der Waals surface area contributed by atoms with Crippen LogP contribution in [0, 0.1) is 0 Å². The molecule has 13 heteroatoms. The van der Waals surface area contributed by atoms with E-state index < -0.39 is 0 Å². The van der Waals surface area contributed by atoms with Gasteiger partial charge in [-0.15, -0.1) is 0 Å². The van der Waals surface area contributed by atoms with E-state index in [1.54, 1.807) is 25.4 Å². The number of benzene rings is 2. The Hall–Kier alpha value is -4.81. The van der Waals surface area contributed by atoms with Gasteiger partial charge in [-0.2, -0.15) is 0 Å². The summed E-state index contributed by atoms with van der Waals surface area (Å²) in [5, 5.41) is 10.4. The highest BCUT2D eigenvalue weighted by molar-refractivity contribution is 6.39. The summed E-state index contributed by atoms with van der Waals surface area (Å²) in [7, 11) is 1.58. The fraction of sp³-hybridized carbons (Fsp3) is 0.289. The molecule has 2 aliphatic rings. The molecule has 2 aliphatic heterocycles. The number of esters is 1. The van der Waals surface area contributed by atoms with Crippen LogP contribution in [0.2, 0.25) is 10.0 Å². The first kappa shape index (κ1) is 34.6. The van der Waals surface area contributed by atoms with E-state index in [-0.39, 0.29) is 41.7 Å². The number of hydrogen-bond acceptors (Lipinski definition) is 9. The second kappa shape index (κ2) is 15.2. The van der Waals surface area contributed by atoms with Gasteiger partial charge in [0.25, 0.3) is 5.56 Å². The molecular weight excluding hydrogens is 691 g/mol. The average molecular weight is 728 g/mol. The maximum absolute atomic E-state index is 13.2. The number of halogens is 2. The summed E-state index contributed by atoms with van der Waals surface area (Å²) in [6.07, 6.45) is 6.12. The summed E-state index contributed by atoms with van der Waals surface area (Å²) >= 11 is 14.2. The molecule has 0 saturated carbocycles. The van der Waals surface area contributed by atoms with E-state index in [1.807, 2.05) is 48.5 Å². The van der Waals surface area contributed by atoms with E-state index in [0.29, 0.717) is 46.8 Å². The maximum Gasteiger partial charge on any atom is 0.323 e. The van der Waals surface area contributed by atoms with Crippen LogP contribution in [-0.4, -0.2) is 58.5 Å². The van der Waals surface area contributed by atoms with Gasteiger partial charge in [-0.1, -0.05) is 65.7 Å². The van der Waals surface area contributed by atoms with Gasteiger partial charge < -0.3 is 25.4 Å². The Balaban J connectivity index is 1.11. The van der Waals surface area contributed by atoms with Crippen molar-refractivity contribution in [3.8, 4) is 39.4 Å². The fourth-order valence-electron chi connectivity index (χ4n) is 6.56. The van der Waals surface area contributed by atoms with Crippen molar-refractivity contribution >= 4 is 40.7 Å². The molecule has 3 N–H and O–H groups in total. The van der Waals surface area contributed by atoms with Crippen LogP contribution in [0.5, 0.6) is 5.88 Å². The maximum atomic E-state index is 13.2. The van der Waals surface area contributed by atoms with Gasteiger partial charge in [0, 0.05) is 65.8 Å². The zero-order chi connectivity index (χ0) is 35.5. The van der Waals surface area contributed by atoms with E-state index in [4.69, 9.17) is 37.7 Å². The number of carbonyl (C=O) groups is 2. The van der Waals surface area contributed by atoms with Crippen molar-refractivity contribution in [2.45, 2.75) is 50.9 Å². The summed E-state index contributed by atoms with van der Waals surface area (Å²) in [4.78, 5) is 46.3. The lowest BCUT2D eigenvalue weighted by molar-refractivity contribution is -0.147. The number of pyridine rings is 2. The zero-order valence-corrected chi connectivity index (χ0v) is 29.4. The molecule has 0 aliphatic carbocycles. The van der Waals surface area contributed by atoms with Gasteiger partial charge >= 0.3 is 5.97 Å². The van der Waals surface area contributed by atoms with Crippen LogP contribution in [0.15, 0.2) is 77.9 Å². The number of rotatable bonds is 11. The molecule has 0 radical (unpaired) electrons. The van der Waals surface area contributed by atoms with Gasteiger partial charge in [-0.3, -0.25) is 18.8 Å². The molecule has 262 valence electrons. The third-order valence-corrected chi connectivity index (χ3v) is 10.1. The lowest BCUT2D eigenvalue weighted by atomic mass is 9.97. The van der Waals surface area contributed by atoms with Gasteiger partial charge in [0.05, 0.1) is 28.4 Å². The van der Waals surface area contributed by atoms with E-state index in [9.17, 15) is 14.4 Å². The van der Waals surface area contributed by atoms with Crippen LogP contribution in [0.4, 0.5) is 0 Å². The molecule has 2 aromatic carbocycles. The van der Waals surface area contributed by atoms with E-state index in [0.717, 1.165) is 59.2 Å². The largest absolute Gasteiger partial charge is 0.481 e. The van der Waals surface area contributed by atoms with Crippen molar-refractivity contribution < 1.29 is 19.1 Å². The molecule has 0 spiro atoms. The van der Waals surface area contributed by atoms with Crippen molar-refractivity contribution in [1.29, 1.82) is 0 Å². The Labute approximate surface area is 304 Å². The standard InChI is InChI=1S/C38H36Cl2N6O5/c1-50-36-23(18-41-20-25-11-13-33(47)44-25)10-12-30(45-36)29-8-3-7-28(35(29)40)27-6-2-5-26(34(27)39)22-14-16-46-32(17-22)43-19-24(37(46)48)21-51-38(49)31-9-4-15-42-31/h2-3,5-8,10,12,14,16-17,19,25,31,41-42H,4,9,11,13,15,18,20-21H2,1H3,(H,44,47)/t25?,31-/m0/s1. The number of ether oxygens (including phenoxy) is 2. The topological polar surface area (TPSA) is 136 Å². The highest BCUT2D eigenvalue weighted by Crippen LogP contribution is 2.42. The highest BCUT2D eigenvalue weighted by Gasteiger charge is 2.24. The number of fused-ring (bicyclic) bond motifs is 1. The summed E-state index contributed by atoms with van der Waals surface area (Å²) in [5.74, 6) is 0.208. The number of aromatic nitrogens is 3. The first-order valence-corrected chi connectivity index (χ1v) is 17.6. The van der Waals surface area contributed by atoms with Gasteiger partial charge in [-0.25, -0.2) is 9.97 Å². The second-order valence-corrected chi connectivity index (χ2v) is 13.4. The third-order valence-electron chi connectivity index (χ3n) is 9.29. The molecule has 51 heavy (non-hydrogen) atoms. The summed E-state index contributed by atoms with van der Waals surface area (Å²) in [5.41, 5.74) is 5.62. The smallest absolute Gasteiger partial charge is 0.323 e. The molecule has 2 atom stereocenters. The predicted molar refractivity (Wildman–Crippen MR) is 196 cm³/mol. The summed E-state index contributed by atoms with van der Waals surface area (Å²) in [6.45, 7) is 1.83. The van der Waals surface area contributed by atoms with Crippen LogP contribution in [0.1, 0.15) is 36.8 Å².